The molecule has 0 aliphatic carbocycles. The maximum atomic E-state index is 10.9. The average Bonchev–Trinajstić information content (AvgIpc) is 2.87. The standard InChI is InChI=1S/C14H15N3O2/c18-14(19)17-7-5-12(9-17)16-11-4-3-10-2-1-6-15-13(10)8-11/h1-4,6,8,12,16H,5,7,9H2,(H,18,19)/t12-/m0/s1. The molecule has 0 saturated carbocycles. The summed E-state index contributed by atoms with van der Waals surface area (Å²) in [5.41, 5.74) is 1.93. The predicted octanol–water partition coefficient (Wildman–Crippen LogP) is 2.40. The number of hydrogen-bond donors (Lipinski definition) is 2. The average molecular weight is 257 g/mol. The summed E-state index contributed by atoms with van der Waals surface area (Å²) in [6.45, 7) is 1.13. The minimum atomic E-state index is -0.843. The monoisotopic (exact) mass is 257 g/mol. The van der Waals surface area contributed by atoms with Crippen LogP contribution >= 0.6 is 0 Å². The number of carbonyl (C=O) groups is 1. The molecule has 98 valence electrons. The summed E-state index contributed by atoms with van der Waals surface area (Å²) >= 11 is 0. The van der Waals surface area contributed by atoms with Crippen molar-refractivity contribution in [3.63, 3.8) is 0 Å². The summed E-state index contributed by atoms with van der Waals surface area (Å²) in [4.78, 5) is 16.6. The van der Waals surface area contributed by atoms with Crippen LogP contribution in [0.1, 0.15) is 6.42 Å². The van der Waals surface area contributed by atoms with Gasteiger partial charge in [-0.3, -0.25) is 4.98 Å². The molecule has 1 fully saturated rings. The first-order valence-electron chi connectivity index (χ1n) is 6.31. The Hall–Kier alpha value is -2.30. The summed E-state index contributed by atoms with van der Waals surface area (Å²) in [6, 6.07) is 10.1. The van der Waals surface area contributed by atoms with E-state index in [0.717, 1.165) is 23.0 Å². The molecule has 0 unspecified atom stereocenters. The fourth-order valence-electron chi connectivity index (χ4n) is 2.44. The molecule has 0 bridgehead atoms. The van der Waals surface area contributed by atoms with Gasteiger partial charge in [0.1, 0.15) is 0 Å². The van der Waals surface area contributed by atoms with Gasteiger partial charge in [-0.2, -0.15) is 0 Å². The first-order chi connectivity index (χ1) is 9.22. The third kappa shape index (κ3) is 2.45. The van der Waals surface area contributed by atoms with Gasteiger partial charge in [0.25, 0.3) is 0 Å². The minimum absolute atomic E-state index is 0.178. The number of pyridine rings is 1. The van der Waals surface area contributed by atoms with Crippen molar-refractivity contribution in [3.8, 4) is 0 Å². The van der Waals surface area contributed by atoms with Crippen LogP contribution in [0.3, 0.4) is 0 Å². The van der Waals surface area contributed by atoms with Crippen LogP contribution in [0.4, 0.5) is 10.5 Å². The highest BCUT2D eigenvalue weighted by molar-refractivity contribution is 5.82. The lowest BCUT2D eigenvalue weighted by Gasteiger charge is -2.15. The van der Waals surface area contributed by atoms with Crippen LogP contribution in [0.5, 0.6) is 0 Å². The zero-order chi connectivity index (χ0) is 13.2. The molecule has 1 aliphatic heterocycles. The van der Waals surface area contributed by atoms with Gasteiger partial charge in [-0.05, 0) is 24.6 Å². The van der Waals surface area contributed by atoms with Gasteiger partial charge < -0.3 is 15.3 Å². The van der Waals surface area contributed by atoms with E-state index in [2.05, 4.69) is 10.3 Å². The topological polar surface area (TPSA) is 65.5 Å². The summed E-state index contributed by atoms with van der Waals surface area (Å²) in [5.74, 6) is 0. The van der Waals surface area contributed by atoms with E-state index < -0.39 is 6.09 Å². The Balaban J connectivity index is 1.73. The highest BCUT2D eigenvalue weighted by Crippen LogP contribution is 2.20. The van der Waals surface area contributed by atoms with Crippen LogP contribution in [-0.2, 0) is 0 Å². The number of likely N-dealkylation sites (tertiary alicyclic amines) is 1. The molecular formula is C14H15N3O2. The lowest BCUT2D eigenvalue weighted by Crippen LogP contribution is -2.30. The lowest BCUT2D eigenvalue weighted by atomic mass is 10.2. The molecule has 3 rings (SSSR count). The largest absolute Gasteiger partial charge is 0.465 e. The van der Waals surface area contributed by atoms with Gasteiger partial charge in [-0.15, -0.1) is 0 Å². The number of nitrogens with zero attached hydrogens (tertiary/aromatic N) is 2. The SMILES string of the molecule is O=C(O)N1CC[C@H](Nc2ccc3cccnc3c2)C1. The maximum Gasteiger partial charge on any atom is 0.407 e. The molecule has 0 radical (unpaired) electrons. The van der Waals surface area contributed by atoms with E-state index in [0.29, 0.717) is 13.1 Å². The van der Waals surface area contributed by atoms with Gasteiger partial charge >= 0.3 is 6.09 Å². The van der Waals surface area contributed by atoms with Crippen molar-refractivity contribution >= 4 is 22.7 Å². The van der Waals surface area contributed by atoms with Crippen molar-refractivity contribution in [2.75, 3.05) is 18.4 Å². The van der Waals surface area contributed by atoms with Crippen molar-refractivity contribution in [2.24, 2.45) is 0 Å². The lowest BCUT2D eigenvalue weighted by molar-refractivity contribution is 0.155. The van der Waals surface area contributed by atoms with Crippen molar-refractivity contribution in [1.29, 1.82) is 0 Å². The van der Waals surface area contributed by atoms with E-state index in [1.807, 2.05) is 30.3 Å². The molecule has 1 amide bonds. The number of fused-ring (bicyclic) bond motifs is 1. The van der Waals surface area contributed by atoms with Gasteiger partial charge in [-0.25, -0.2) is 4.79 Å². The Morgan fingerprint density at radius 1 is 1.42 bits per heavy atom. The van der Waals surface area contributed by atoms with Gasteiger partial charge in [0.15, 0.2) is 0 Å². The summed E-state index contributed by atoms with van der Waals surface area (Å²) in [6.07, 6.45) is 1.77. The Labute approximate surface area is 110 Å². The molecule has 5 heteroatoms. The second-order valence-electron chi connectivity index (χ2n) is 4.77. The molecular weight excluding hydrogens is 242 g/mol. The van der Waals surface area contributed by atoms with E-state index in [4.69, 9.17) is 5.11 Å². The van der Waals surface area contributed by atoms with E-state index in [1.54, 1.807) is 6.20 Å². The van der Waals surface area contributed by atoms with E-state index in [1.165, 1.54) is 4.90 Å². The number of amides is 1. The minimum Gasteiger partial charge on any atom is -0.465 e. The zero-order valence-electron chi connectivity index (χ0n) is 10.4. The molecule has 2 N–H and O–H groups in total. The van der Waals surface area contributed by atoms with Crippen molar-refractivity contribution < 1.29 is 9.90 Å². The third-order valence-electron chi connectivity index (χ3n) is 3.44. The van der Waals surface area contributed by atoms with Crippen molar-refractivity contribution in [2.45, 2.75) is 12.5 Å². The Kier molecular flexibility index (Phi) is 2.95. The smallest absolute Gasteiger partial charge is 0.407 e. The van der Waals surface area contributed by atoms with Crippen LogP contribution in [0.2, 0.25) is 0 Å². The molecule has 1 aliphatic rings. The highest BCUT2D eigenvalue weighted by Gasteiger charge is 2.25. The fraction of sp³-hybridized carbons (Fsp3) is 0.286. The molecule has 5 nitrogen and oxygen atoms in total. The van der Waals surface area contributed by atoms with Crippen LogP contribution in [-0.4, -0.2) is 40.2 Å². The highest BCUT2D eigenvalue weighted by atomic mass is 16.4. The summed E-state index contributed by atoms with van der Waals surface area (Å²) in [5, 5.41) is 13.4. The van der Waals surface area contributed by atoms with Crippen LogP contribution in [0.15, 0.2) is 36.5 Å². The molecule has 19 heavy (non-hydrogen) atoms. The Bertz CT molecular complexity index is 614. The Morgan fingerprint density at radius 3 is 3.11 bits per heavy atom. The van der Waals surface area contributed by atoms with Crippen molar-refractivity contribution in [1.82, 2.24) is 9.88 Å². The van der Waals surface area contributed by atoms with Gasteiger partial charge in [0.2, 0.25) is 0 Å². The number of carboxylic acid groups (broad SMARTS) is 1. The molecule has 1 aromatic carbocycles. The number of anilines is 1. The fourth-order valence-corrected chi connectivity index (χ4v) is 2.44. The zero-order valence-corrected chi connectivity index (χ0v) is 10.4. The molecule has 2 heterocycles. The van der Waals surface area contributed by atoms with Crippen LogP contribution in [0.25, 0.3) is 10.9 Å². The number of aromatic nitrogens is 1. The second kappa shape index (κ2) is 4.76. The number of rotatable bonds is 2. The quantitative estimate of drug-likeness (QED) is 0.867. The third-order valence-corrected chi connectivity index (χ3v) is 3.44. The normalized spacial score (nSPS) is 18.7. The van der Waals surface area contributed by atoms with E-state index in [9.17, 15) is 4.79 Å². The number of hydrogen-bond acceptors (Lipinski definition) is 3. The predicted molar refractivity (Wildman–Crippen MR) is 73.4 cm³/mol. The van der Waals surface area contributed by atoms with E-state index >= 15 is 0 Å². The van der Waals surface area contributed by atoms with Gasteiger partial charge in [0, 0.05) is 36.4 Å². The van der Waals surface area contributed by atoms with Crippen LogP contribution in [0, 0.1) is 0 Å². The van der Waals surface area contributed by atoms with Crippen LogP contribution < -0.4 is 5.32 Å². The molecule has 2 aromatic rings. The van der Waals surface area contributed by atoms with E-state index in [-0.39, 0.29) is 6.04 Å². The molecule has 1 saturated heterocycles. The summed E-state index contributed by atoms with van der Waals surface area (Å²) in [7, 11) is 0. The second-order valence-corrected chi connectivity index (χ2v) is 4.77. The van der Waals surface area contributed by atoms with Crippen molar-refractivity contribution in [3.05, 3.63) is 36.5 Å². The number of nitrogens with one attached hydrogen (secondary N) is 1. The first-order valence-corrected chi connectivity index (χ1v) is 6.31. The number of benzene rings is 1. The maximum absolute atomic E-state index is 10.9. The first kappa shape index (κ1) is 11.8. The Morgan fingerprint density at radius 2 is 2.32 bits per heavy atom. The van der Waals surface area contributed by atoms with Gasteiger partial charge in [-0.1, -0.05) is 12.1 Å². The molecule has 0 spiro atoms. The van der Waals surface area contributed by atoms with Gasteiger partial charge in [0.05, 0.1) is 5.52 Å². The summed E-state index contributed by atoms with van der Waals surface area (Å²) < 4.78 is 0. The molecule has 1 atom stereocenters. The molecule has 1 aromatic heterocycles.